The molecule has 2 heterocycles. The summed E-state index contributed by atoms with van der Waals surface area (Å²) >= 11 is 1.75. The van der Waals surface area contributed by atoms with Crippen LogP contribution in [0.4, 0.5) is 5.13 Å². The molecule has 3 rings (SSSR count). The van der Waals surface area contributed by atoms with Crippen LogP contribution in [-0.2, 0) is 0 Å². The number of thiazole rings is 1. The van der Waals surface area contributed by atoms with Gasteiger partial charge in [0, 0.05) is 36.8 Å². The second-order valence-corrected chi connectivity index (χ2v) is 5.39. The highest BCUT2D eigenvalue weighted by atomic mass is 32.1. The first kappa shape index (κ1) is 9.60. The number of aromatic nitrogens is 1. The number of hydrogen-bond donors (Lipinski definition) is 1. The van der Waals surface area contributed by atoms with Gasteiger partial charge < -0.3 is 10.2 Å². The third-order valence-corrected chi connectivity index (χ3v) is 4.07. The van der Waals surface area contributed by atoms with E-state index in [2.05, 4.69) is 20.6 Å². The maximum absolute atomic E-state index is 4.36. The molecule has 0 bridgehead atoms. The molecule has 1 saturated carbocycles. The molecule has 0 aromatic carbocycles. The molecule has 15 heavy (non-hydrogen) atoms. The fourth-order valence-corrected chi connectivity index (χ4v) is 2.89. The van der Waals surface area contributed by atoms with Crippen LogP contribution < -0.4 is 10.2 Å². The van der Waals surface area contributed by atoms with E-state index in [-0.39, 0.29) is 0 Å². The molecule has 2 aliphatic rings. The van der Waals surface area contributed by atoms with E-state index in [1.165, 1.54) is 30.8 Å². The van der Waals surface area contributed by atoms with Crippen molar-refractivity contribution in [1.29, 1.82) is 0 Å². The van der Waals surface area contributed by atoms with Gasteiger partial charge in [0.05, 0.1) is 0 Å². The molecule has 82 valence electrons. The first-order valence-corrected chi connectivity index (χ1v) is 6.70. The highest BCUT2D eigenvalue weighted by molar-refractivity contribution is 7.13. The summed E-state index contributed by atoms with van der Waals surface area (Å²) in [4.78, 5) is 6.77. The van der Waals surface area contributed by atoms with Crippen molar-refractivity contribution >= 4 is 16.5 Å². The SMILES string of the molecule is c1csc(N2CCC(NC3CC3)CC2)n1. The fraction of sp³-hybridized carbons (Fsp3) is 0.727. The topological polar surface area (TPSA) is 28.2 Å². The van der Waals surface area contributed by atoms with Crippen molar-refractivity contribution in [2.75, 3.05) is 18.0 Å². The van der Waals surface area contributed by atoms with Crippen molar-refractivity contribution in [3.05, 3.63) is 11.6 Å². The molecule has 2 fully saturated rings. The van der Waals surface area contributed by atoms with Gasteiger partial charge in [-0.15, -0.1) is 11.3 Å². The number of rotatable bonds is 3. The minimum atomic E-state index is 0.758. The summed E-state index contributed by atoms with van der Waals surface area (Å²) in [5.74, 6) is 0. The third kappa shape index (κ3) is 2.32. The van der Waals surface area contributed by atoms with Crippen molar-refractivity contribution in [3.63, 3.8) is 0 Å². The summed E-state index contributed by atoms with van der Waals surface area (Å²) in [5.41, 5.74) is 0. The van der Waals surface area contributed by atoms with Gasteiger partial charge in [0.1, 0.15) is 0 Å². The van der Waals surface area contributed by atoms with Gasteiger partial charge in [-0.2, -0.15) is 0 Å². The summed E-state index contributed by atoms with van der Waals surface area (Å²) in [5, 5.41) is 6.97. The van der Waals surface area contributed by atoms with Crippen LogP contribution in [0.1, 0.15) is 25.7 Å². The van der Waals surface area contributed by atoms with Gasteiger partial charge in [-0.05, 0) is 25.7 Å². The minimum Gasteiger partial charge on any atom is -0.348 e. The van der Waals surface area contributed by atoms with E-state index in [0.717, 1.165) is 25.2 Å². The molecule has 1 saturated heterocycles. The average Bonchev–Trinajstić information content (AvgIpc) is 2.92. The van der Waals surface area contributed by atoms with Crippen molar-refractivity contribution in [3.8, 4) is 0 Å². The molecule has 0 spiro atoms. The Bertz CT molecular complexity index is 300. The Kier molecular flexibility index (Phi) is 2.63. The van der Waals surface area contributed by atoms with E-state index in [4.69, 9.17) is 0 Å². The Morgan fingerprint density at radius 2 is 1.93 bits per heavy atom. The average molecular weight is 223 g/mol. The van der Waals surface area contributed by atoms with E-state index in [0.29, 0.717) is 0 Å². The first-order chi connectivity index (χ1) is 7.42. The Morgan fingerprint density at radius 1 is 1.20 bits per heavy atom. The van der Waals surface area contributed by atoms with Crippen LogP contribution >= 0.6 is 11.3 Å². The fourth-order valence-electron chi connectivity index (χ4n) is 2.19. The molecule has 0 unspecified atom stereocenters. The number of anilines is 1. The minimum absolute atomic E-state index is 0.758. The van der Waals surface area contributed by atoms with Crippen LogP contribution in [0, 0.1) is 0 Å². The quantitative estimate of drug-likeness (QED) is 0.848. The summed E-state index contributed by atoms with van der Waals surface area (Å²) in [6, 6.07) is 1.61. The molecular weight excluding hydrogens is 206 g/mol. The highest BCUT2D eigenvalue weighted by Crippen LogP contribution is 2.25. The van der Waals surface area contributed by atoms with Crippen LogP contribution in [0.2, 0.25) is 0 Å². The normalized spacial score (nSPS) is 23.3. The summed E-state index contributed by atoms with van der Waals surface area (Å²) in [6.45, 7) is 2.33. The van der Waals surface area contributed by atoms with Crippen LogP contribution in [0.25, 0.3) is 0 Å². The van der Waals surface area contributed by atoms with E-state index >= 15 is 0 Å². The van der Waals surface area contributed by atoms with Gasteiger partial charge in [0.15, 0.2) is 5.13 Å². The van der Waals surface area contributed by atoms with E-state index in [9.17, 15) is 0 Å². The molecule has 0 atom stereocenters. The zero-order valence-corrected chi connectivity index (χ0v) is 9.67. The van der Waals surface area contributed by atoms with Gasteiger partial charge in [-0.3, -0.25) is 0 Å². The van der Waals surface area contributed by atoms with Crippen LogP contribution in [0.3, 0.4) is 0 Å². The smallest absolute Gasteiger partial charge is 0.185 e. The standard InChI is InChI=1S/C11H17N3S/c1-2-9(1)13-10-3-6-14(7-4-10)11-12-5-8-15-11/h5,8-10,13H,1-4,6-7H2. The lowest BCUT2D eigenvalue weighted by molar-refractivity contribution is 0.412. The van der Waals surface area contributed by atoms with E-state index in [1.54, 1.807) is 11.3 Å². The number of nitrogens with zero attached hydrogens (tertiary/aromatic N) is 2. The highest BCUT2D eigenvalue weighted by Gasteiger charge is 2.27. The second kappa shape index (κ2) is 4.10. The predicted octanol–water partition coefficient (Wildman–Crippen LogP) is 1.86. The van der Waals surface area contributed by atoms with Crippen LogP contribution in [0.5, 0.6) is 0 Å². The molecule has 0 amide bonds. The number of piperidine rings is 1. The van der Waals surface area contributed by atoms with Crippen molar-refractivity contribution in [1.82, 2.24) is 10.3 Å². The molecule has 1 aromatic rings. The Balaban J connectivity index is 1.51. The summed E-state index contributed by atoms with van der Waals surface area (Å²) in [7, 11) is 0. The van der Waals surface area contributed by atoms with Gasteiger partial charge in [0.25, 0.3) is 0 Å². The lowest BCUT2D eigenvalue weighted by Crippen LogP contribution is -2.43. The molecule has 3 nitrogen and oxygen atoms in total. The van der Waals surface area contributed by atoms with E-state index in [1.807, 2.05) is 6.20 Å². The maximum atomic E-state index is 4.36. The monoisotopic (exact) mass is 223 g/mol. The Hall–Kier alpha value is -0.610. The molecule has 1 N–H and O–H groups in total. The van der Waals surface area contributed by atoms with Crippen LogP contribution in [-0.4, -0.2) is 30.2 Å². The first-order valence-electron chi connectivity index (χ1n) is 5.82. The molecular formula is C11H17N3S. The summed E-state index contributed by atoms with van der Waals surface area (Å²) in [6.07, 6.45) is 7.24. The summed E-state index contributed by atoms with van der Waals surface area (Å²) < 4.78 is 0. The Labute approximate surface area is 94.5 Å². The van der Waals surface area contributed by atoms with Gasteiger partial charge >= 0.3 is 0 Å². The lowest BCUT2D eigenvalue weighted by Gasteiger charge is -2.32. The molecule has 1 aliphatic carbocycles. The Morgan fingerprint density at radius 3 is 2.53 bits per heavy atom. The third-order valence-electron chi connectivity index (χ3n) is 3.23. The van der Waals surface area contributed by atoms with E-state index < -0.39 is 0 Å². The molecule has 1 aromatic heterocycles. The largest absolute Gasteiger partial charge is 0.348 e. The second-order valence-electron chi connectivity index (χ2n) is 4.52. The number of hydrogen-bond acceptors (Lipinski definition) is 4. The zero-order chi connectivity index (χ0) is 10.1. The van der Waals surface area contributed by atoms with Crippen LogP contribution in [0.15, 0.2) is 11.6 Å². The van der Waals surface area contributed by atoms with Gasteiger partial charge in [-0.25, -0.2) is 4.98 Å². The van der Waals surface area contributed by atoms with Crippen molar-refractivity contribution in [2.45, 2.75) is 37.8 Å². The lowest BCUT2D eigenvalue weighted by atomic mass is 10.1. The molecule has 0 radical (unpaired) electrons. The maximum Gasteiger partial charge on any atom is 0.185 e. The predicted molar refractivity (Wildman–Crippen MR) is 63.5 cm³/mol. The van der Waals surface area contributed by atoms with Gasteiger partial charge in [0.2, 0.25) is 0 Å². The van der Waals surface area contributed by atoms with Crippen molar-refractivity contribution < 1.29 is 0 Å². The van der Waals surface area contributed by atoms with Gasteiger partial charge in [-0.1, -0.05) is 0 Å². The number of nitrogens with one attached hydrogen (secondary N) is 1. The zero-order valence-electron chi connectivity index (χ0n) is 8.85. The van der Waals surface area contributed by atoms with Crippen molar-refractivity contribution in [2.24, 2.45) is 0 Å². The molecule has 4 heteroatoms. The molecule has 1 aliphatic heterocycles.